The molecule has 0 spiro atoms. The Kier molecular flexibility index (Phi) is 4.94. The molecule has 2 rings (SSSR count). The second kappa shape index (κ2) is 7.11. The maximum atomic E-state index is 11.9. The molecule has 0 aliphatic carbocycles. The minimum absolute atomic E-state index is 0.214. The normalized spacial score (nSPS) is 11.2. The van der Waals surface area contributed by atoms with Gasteiger partial charge in [0.2, 0.25) is 0 Å². The van der Waals surface area contributed by atoms with Crippen molar-refractivity contribution >= 4 is 5.97 Å². The molecule has 21 heavy (non-hydrogen) atoms. The van der Waals surface area contributed by atoms with Crippen LogP contribution in [0.2, 0.25) is 0 Å². The number of hydrogen-bond donors (Lipinski definition) is 0. The van der Waals surface area contributed by atoms with Gasteiger partial charge in [-0.15, -0.1) is 0 Å². The lowest BCUT2D eigenvalue weighted by Crippen LogP contribution is -2.26. The Hall–Kier alpha value is -2.80. The summed E-state index contributed by atoms with van der Waals surface area (Å²) < 4.78 is 10.7. The van der Waals surface area contributed by atoms with Gasteiger partial charge in [0.25, 0.3) is 0 Å². The molecule has 0 aliphatic rings. The number of esters is 1. The van der Waals surface area contributed by atoms with E-state index in [0.717, 1.165) is 5.56 Å². The van der Waals surface area contributed by atoms with Gasteiger partial charge >= 0.3 is 5.97 Å². The van der Waals surface area contributed by atoms with Crippen molar-refractivity contribution in [3.63, 3.8) is 0 Å². The Bertz CT molecular complexity index is 647. The molecule has 1 unspecified atom stereocenters. The number of benzene rings is 2. The van der Waals surface area contributed by atoms with Crippen molar-refractivity contribution < 1.29 is 14.3 Å². The van der Waals surface area contributed by atoms with Crippen LogP contribution in [-0.2, 0) is 16.1 Å². The summed E-state index contributed by atoms with van der Waals surface area (Å²) in [6.45, 7) is 1.83. The highest BCUT2D eigenvalue weighted by molar-refractivity contribution is 5.74. The number of nitrogens with zero attached hydrogens (tertiary/aromatic N) is 1. The molecular formula is C17H15NO3. The Morgan fingerprint density at radius 3 is 2.67 bits per heavy atom. The molecule has 0 aliphatic heterocycles. The molecule has 0 saturated carbocycles. The molecule has 0 radical (unpaired) electrons. The molecule has 0 heterocycles. The fourth-order valence-corrected chi connectivity index (χ4v) is 1.74. The third-order valence-corrected chi connectivity index (χ3v) is 2.83. The smallest absolute Gasteiger partial charge is 0.347 e. The van der Waals surface area contributed by atoms with Crippen molar-refractivity contribution in [2.45, 2.75) is 19.6 Å². The largest absolute Gasteiger partial charge is 0.479 e. The number of carbonyl (C=O) groups is 1. The van der Waals surface area contributed by atoms with Gasteiger partial charge in [-0.1, -0.05) is 36.4 Å². The summed E-state index contributed by atoms with van der Waals surface area (Å²) in [4.78, 5) is 11.9. The lowest BCUT2D eigenvalue weighted by atomic mass is 10.2. The summed E-state index contributed by atoms with van der Waals surface area (Å²) in [6.07, 6.45) is -0.734. The zero-order valence-corrected chi connectivity index (χ0v) is 11.7. The van der Waals surface area contributed by atoms with Crippen LogP contribution in [0.15, 0.2) is 54.6 Å². The standard InChI is InChI=1S/C17H15NO3/c1-13(21-16-9-5-8-15(10-16)11-18)17(19)20-12-14-6-3-2-4-7-14/h2-10,13H,12H2,1H3. The lowest BCUT2D eigenvalue weighted by Gasteiger charge is -2.14. The first-order valence-electron chi connectivity index (χ1n) is 6.56. The van der Waals surface area contributed by atoms with Crippen LogP contribution in [0, 0.1) is 11.3 Å². The molecule has 4 nitrogen and oxygen atoms in total. The highest BCUT2D eigenvalue weighted by Crippen LogP contribution is 2.15. The van der Waals surface area contributed by atoms with E-state index in [4.69, 9.17) is 14.7 Å². The third-order valence-electron chi connectivity index (χ3n) is 2.83. The predicted molar refractivity (Wildman–Crippen MR) is 77.5 cm³/mol. The first-order valence-corrected chi connectivity index (χ1v) is 6.56. The van der Waals surface area contributed by atoms with Crippen molar-refractivity contribution in [1.82, 2.24) is 0 Å². The van der Waals surface area contributed by atoms with Crippen LogP contribution in [0.25, 0.3) is 0 Å². The first kappa shape index (κ1) is 14.6. The van der Waals surface area contributed by atoms with Gasteiger partial charge in [-0.3, -0.25) is 0 Å². The van der Waals surface area contributed by atoms with Crippen LogP contribution < -0.4 is 4.74 Å². The molecule has 4 heteroatoms. The van der Waals surface area contributed by atoms with Gasteiger partial charge in [0, 0.05) is 0 Å². The van der Waals surface area contributed by atoms with E-state index in [0.29, 0.717) is 11.3 Å². The van der Waals surface area contributed by atoms with Gasteiger partial charge in [0.15, 0.2) is 6.10 Å². The van der Waals surface area contributed by atoms with Crippen molar-refractivity contribution in [2.75, 3.05) is 0 Å². The predicted octanol–water partition coefficient (Wildman–Crippen LogP) is 3.07. The Balaban J connectivity index is 1.89. The molecule has 2 aromatic rings. The van der Waals surface area contributed by atoms with Crippen LogP contribution in [0.3, 0.4) is 0 Å². The highest BCUT2D eigenvalue weighted by Gasteiger charge is 2.16. The van der Waals surface area contributed by atoms with Crippen molar-refractivity contribution in [1.29, 1.82) is 5.26 Å². The second-order valence-electron chi connectivity index (χ2n) is 4.49. The summed E-state index contributed by atoms with van der Waals surface area (Å²) >= 11 is 0. The van der Waals surface area contributed by atoms with Gasteiger partial charge in [-0.05, 0) is 30.7 Å². The molecule has 2 aromatic carbocycles. The van der Waals surface area contributed by atoms with E-state index in [1.807, 2.05) is 36.4 Å². The molecule has 0 saturated heterocycles. The minimum atomic E-state index is -0.734. The zero-order valence-electron chi connectivity index (χ0n) is 11.7. The van der Waals surface area contributed by atoms with Crippen molar-refractivity contribution in [3.8, 4) is 11.8 Å². The van der Waals surface area contributed by atoms with Crippen molar-refractivity contribution in [2.24, 2.45) is 0 Å². The number of carbonyl (C=O) groups excluding carboxylic acids is 1. The number of ether oxygens (including phenoxy) is 2. The molecule has 0 aromatic heterocycles. The van der Waals surface area contributed by atoms with Crippen LogP contribution >= 0.6 is 0 Å². The number of hydrogen-bond acceptors (Lipinski definition) is 4. The highest BCUT2D eigenvalue weighted by atomic mass is 16.6. The van der Waals surface area contributed by atoms with Gasteiger partial charge in [-0.2, -0.15) is 5.26 Å². The van der Waals surface area contributed by atoms with Gasteiger partial charge in [0.1, 0.15) is 12.4 Å². The monoisotopic (exact) mass is 281 g/mol. The number of nitriles is 1. The van der Waals surface area contributed by atoms with E-state index in [-0.39, 0.29) is 6.61 Å². The Morgan fingerprint density at radius 2 is 1.95 bits per heavy atom. The van der Waals surface area contributed by atoms with E-state index in [1.54, 1.807) is 31.2 Å². The summed E-state index contributed by atoms with van der Waals surface area (Å²) in [5.74, 6) is 0.0272. The average Bonchev–Trinajstić information content (AvgIpc) is 2.53. The van der Waals surface area contributed by atoms with Crippen LogP contribution in [0.5, 0.6) is 5.75 Å². The Labute approximate surface area is 123 Å². The van der Waals surface area contributed by atoms with E-state index >= 15 is 0 Å². The summed E-state index contributed by atoms with van der Waals surface area (Å²) in [5.41, 5.74) is 1.40. The van der Waals surface area contributed by atoms with Crippen LogP contribution in [0.1, 0.15) is 18.1 Å². The van der Waals surface area contributed by atoms with Gasteiger partial charge in [-0.25, -0.2) is 4.79 Å². The molecular weight excluding hydrogens is 266 g/mol. The first-order chi connectivity index (χ1) is 10.2. The van der Waals surface area contributed by atoms with E-state index in [9.17, 15) is 4.79 Å². The second-order valence-corrected chi connectivity index (χ2v) is 4.49. The van der Waals surface area contributed by atoms with Crippen LogP contribution in [0.4, 0.5) is 0 Å². The minimum Gasteiger partial charge on any atom is -0.479 e. The fourth-order valence-electron chi connectivity index (χ4n) is 1.74. The molecule has 1 atom stereocenters. The number of rotatable bonds is 5. The fraction of sp³-hybridized carbons (Fsp3) is 0.176. The molecule has 0 N–H and O–H groups in total. The molecule has 0 bridgehead atoms. The third kappa shape index (κ3) is 4.36. The lowest BCUT2D eigenvalue weighted by molar-refractivity contribution is -0.152. The summed E-state index contributed by atoms with van der Waals surface area (Å²) in [5, 5.41) is 8.82. The summed E-state index contributed by atoms with van der Waals surface area (Å²) in [7, 11) is 0. The maximum Gasteiger partial charge on any atom is 0.347 e. The molecule has 0 fully saturated rings. The van der Waals surface area contributed by atoms with Gasteiger partial charge < -0.3 is 9.47 Å². The Morgan fingerprint density at radius 1 is 1.19 bits per heavy atom. The molecule has 0 amide bonds. The van der Waals surface area contributed by atoms with E-state index in [1.165, 1.54) is 0 Å². The van der Waals surface area contributed by atoms with E-state index in [2.05, 4.69) is 0 Å². The van der Waals surface area contributed by atoms with Gasteiger partial charge in [0.05, 0.1) is 11.6 Å². The SMILES string of the molecule is CC(Oc1cccc(C#N)c1)C(=O)OCc1ccccc1. The maximum absolute atomic E-state index is 11.9. The summed E-state index contributed by atoms with van der Waals surface area (Å²) in [6, 6.07) is 18.1. The topological polar surface area (TPSA) is 59.3 Å². The zero-order chi connectivity index (χ0) is 15.1. The average molecular weight is 281 g/mol. The van der Waals surface area contributed by atoms with Crippen LogP contribution in [-0.4, -0.2) is 12.1 Å². The molecule has 106 valence electrons. The quantitative estimate of drug-likeness (QED) is 0.790. The van der Waals surface area contributed by atoms with E-state index < -0.39 is 12.1 Å². The van der Waals surface area contributed by atoms with Crippen molar-refractivity contribution in [3.05, 3.63) is 65.7 Å².